The average Bonchev–Trinajstić information content (AvgIpc) is 2.38. The van der Waals surface area contributed by atoms with Gasteiger partial charge in [0.2, 0.25) is 0 Å². The number of carbonyl (C=O) groups excluding carboxylic acids is 1. The van der Waals surface area contributed by atoms with E-state index in [1.54, 1.807) is 0 Å². The van der Waals surface area contributed by atoms with Gasteiger partial charge < -0.3 is 4.90 Å². The molecule has 0 aromatic carbocycles. The Bertz CT molecular complexity index is 552. The summed E-state index contributed by atoms with van der Waals surface area (Å²) in [7, 11) is 1.98. The van der Waals surface area contributed by atoms with Gasteiger partial charge in [-0.05, 0) is 17.7 Å². The third-order valence-electron chi connectivity index (χ3n) is 3.54. The molecule has 1 N–H and O–H groups in total. The molecule has 5 heteroatoms. The van der Waals surface area contributed by atoms with Crippen molar-refractivity contribution in [2.24, 2.45) is 0 Å². The second-order valence-corrected chi connectivity index (χ2v) is 5.00. The van der Waals surface area contributed by atoms with Gasteiger partial charge in [0.15, 0.2) is 11.6 Å². The third-order valence-corrected chi connectivity index (χ3v) is 3.54. The molecule has 0 unspecified atom stereocenters. The lowest BCUT2D eigenvalue weighted by Gasteiger charge is -2.38. The van der Waals surface area contributed by atoms with Crippen LogP contribution < -0.4 is 10.4 Å². The SMILES string of the molecule is CCNN1CC2=C(c3cccnc31)N(C)CC(=O)C2. The van der Waals surface area contributed by atoms with Crippen molar-refractivity contribution >= 4 is 17.3 Å². The van der Waals surface area contributed by atoms with Crippen molar-refractivity contribution in [1.29, 1.82) is 0 Å². The Labute approximate surface area is 112 Å². The largest absolute Gasteiger partial charge is 0.367 e. The van der Waals surface area contributed by atoms with Gasteiger partial charge in [0.05, 0.1) is 13.1 Å². The Kier molecular flexibility index (Phi) is 2.98. The summed E-state index contributed by atoms with van der Waals surface area (Å²) >= 11 is 0. The summed E-state index contributed by atoms with van der Waals surface area (Å²) in [6.45, 7) is 4.12. The van der Waals surface area contributed by atoms with Crippen molar-refractivity contribution in [2.45, 2.75) is 13.3 Å². The number of hydrogen-bond acceptors (Lipinski definition) is 5. The highest BCUT2D eigenvalue weighted by Crippen LogP contribution is 2.37. The molecule has 100 valence electrons. The van der Waals surface area contributed by atoms with Gasteiger partial charge in [-0.3, -0.25) is 9.80 Å². The van der Waals surface area contributed by atoms with Crippen LogP contribution in [0.15, 0.2) is 23.9 Å². The molecule has 0 amide bonds. The lowest BCUT2D eigenvalue weighted by Crippen LogP contribution is -2.45. The van der Waals surface area contributed by atoms with Crippen molar-refractivity contribution in [2.75, 3.05) is 31.7 Å². The summed E-state index contributed by atoms with van der Waals surface area (Å²) in [6, 6.07) is 4.02. The van der Waals surface area contributed by atoms with Crippen LogP contribution in [0.1, 0.15) is 18.9 Å². The molecule has 5 nitrogen and oxygen atoms in total. The van der Waals surface area contributed by atoms with Crippen LogP contribution in [0.3, 0.4) is 0 Å². The molecule has 0 saturated heterocycles. The van der Waals surface area contributed by atoms with Crippen LogP contribution in [0.25, 0.3) is 5.70 Å². The fourth-order valence-corrected chi connectivity index (χ4v) is 2.90. The summed E-state index contributed by atoms with van der Waals surface area (Å²) in [4.78, 5) is 18.3. The number of fused-ring (bicyclic) bond motifs is 2. The van der Waals surface area contributed by atoms with Gasteiger partial charge >= 0.3 is 0 Å². The highest BCUT2D eigenvalue weighted by atomic mass is 16.1. The molecule has 2 aliphatic rings. The minimum absolute atomic E-state index is 0.282. The molecule has 0 bridgehead atoms. The van der Waals surface area contributed by atoms with Crippen molar-refractivity contribution < 1.29 is 4.79 Å². The topological polar surface area (TPSA) is 48.5 Å². The van der Waals surface area contributed by atoms with Gasteiger partial charge in [-0.2, -0.15) is 0 Å². The van der Waals surface area contributed by atoms with Gasteiger partial charge in [-0.1, -0.05) is 6.92 Å². The number of pyridine rings is 1. The molecule has 3 heterocycles. The maximum absolute atomic E-state index is 11.8. The summed E-state index contributed by atoms with van der Waals surface area (Å²) in [5, 5.41) is 2.04. The highest BCUT2D eigenvalue weighted by Gasteiger charge is 2.31. The van der Waals surface area contributed by atoms with E-state index in [4.69, 9.17) is 0 Å². The zero-order valence-electron chi connectivity index (χ0n) is 11.3. The van der Waals surface area contributed by atoms with E-state index in [2.05, 4.69) is 23.4 Å². The van der Waals surface area contributed by atoms with E-state index in [9.17, 15) is 4.79 Å². The van der Waals surface area contributed by atoms with E-state index in [1.165, 1.54) is 11.3 Å². The molecule has 0 aliphatic carbocycles. The molecule has 3 rings (SSSR count). The summed E-state index contributed by atoms with van der Waals surface area (Å²) in [5.74, 6) is 1.23. The Morgan fingerprint density at radius 1 is 1.42 bits per heavy atom. The summed E-state index contributed by atoms with van der Waals surface area (Å²) in [5.41, 5.74) is 6.78. The lowest BCUT2D eigenvalue weighted by atomic mass is 9.94. The number of hydrogen-bond donors (Lipinski definition) is 1. The molecule has 0 spiro atoms. The minimum Gasteiger partial charge on any atom is -0.367 e. The van der Waals surface area contributed by atoms with Crippen LogP contribution in [0, 0.1) is 0 Å². The van der Waals surface area contributed by atoms with E-state index in [-0.39, 0.29) is 5.78 Å². The zero-order valence-corrected chi connectivity index (χ0v) is 11.3. The maximum Gasteiger partial charge on any atom is 0.156 e. The van der Waals surface area contributed by atoms with Gasteiger partial charge in [-0.15, -0.1) is 0 Å². The first-order valence-corrected chi connectivity index (χ1v) is 6.62. The van der Waals surface area contributed by atoms with Crippen molar-refractivity contribution in [1.82, 2.24) is 15.3 Å². The van der Waals surface area contributed by atoms with Crippen molar-refractivity contribution in [3.8, 4) is 0 Å². The summed E-state index contributed by atoms with van der Waals surface area (Å²) < 4.78 is 0. The predicted molar refractivity (Wildman–Crippen MR) is 74.4 cm³/mol. The highest BCUT2D eigenvalue weighted by molar-refractivity contribution is 5.92. The number of likely N-dealkylation sites (N-methyl/N-ethyl adjacent to an activating group) is 1. The first kappa shape index (κ1) is 12.2. The van der Waals surface area contributed by atoms with Crippen LogP contribution >= 0.6 is 0 Å². The third kappa shape index (κ3) is 2.00. The van der Waals surface area contributed by atoms with E-state index in [0.29, 0.717) is 13.0 Å². The number of carbonyl (C=O) groups is 1. The van der Waals surface area contributed by atoms with Gasteiger partial charge in [0, 0.05) is 37.5 Å². The molecule has 2 aliphatic heterocycles. The molecule has 0 radical (unpaired) electrons. The Morgan fingerprint density at radius 2 is 2.26 bits per heavy atom. The normalized spacial score (nSPS) is 18.5. The van der Waals surface area contributed by atoms with E-state index < -0.39 is 0 Å². The van der Waals surface area contributed by atoms with E-state index in [0.717, 1.165) is 24.5 Å². The number of aromatic nitrogens is 1. The van der Waals surface area contributed by atoms with Crippen LogP contribution in [0.4, 0.5) is 5.82 Å². The maximum atomic E-state index is 11.8. The predicted octanol–water partition coefficient (Wildman–Crippen LogP) is 1.04. The molecular formula is C14H18N4O. The van der Waals surface area contributed by atoms with Crippen LogP contribution in [0.5, 0.6) is 0 Å². The number of rotatable bonds is 2. The first-order valence-electron chi connectivity index (χ1n) is 6.62. The fraction of sp³-hybridized carbons (Fsp3) is 0.429. The molecule has 1 aromatic rings. The summed E-state index contributed by atoms with van der Waals surface area (Å²) in [6.07, 6.45) is 2.36. The van der Waals surface area contributed by atoms with Crippen LogP contribution in [-0.4, -0.2) is 42.3 Å². The zero-order chi connectivity index (χ0) is 13.4. The number of hydrazine groups is 1. The first-order chi connectivity index (χ1) is 9.20. The van der Waals surface area contributed by atoms with Crippen molar-refractivity contribution in [3.05, 3.63) is 29.5 Å². The number of Topliss-reactive ketones (excluding diaryl/α,β-unsaturated/α-hetero) is 1. The molecular weight excluding hydrogens is 240 g/mol. The molecule has 0 atom stereocenters. The van der Waals surface area contributed by atoms with Gasteiger partial charge in [0.1, 0.15) is 0 Å². The van der Waals surface area contributed by atoms with Gasteiger partial charge in [0.25, 0.3) is 0 Å². The van der Waals surface area contributed by atoms with Crippen LogP contribution in [-0.2, 0) is 4.79 Å². The minimum atomic E-state index is 0.282. The molecule has 0 saturated carbocycles. The smallest absolute Gasteiger partial charge is 0.156 e. The van der Waals surface area contributed by atoms with E-state index >= 15 is 0 Å². The van der Waals surface area contributed by atoms with E-state index in [1.807, 2.05) is 29.2 Å². The number of nitrogens with one attached hydrogen (secondary N) is 1. The average molecular weight is 258 g/mol. The fourth-order valence-electron chi connectivity index (χ4n) is 2.90. The Balaban J connectivity index is 2.10. The standard InChI is InChI=1S/C14H18N4O/c1-3-16-18-8-10-7-11(19)9-17(2)13(10)12-5-4-6-15-14(12)18/h4-6,16H,3,7-9H2,1-2H3. The number of anilines is 1. The molecule has 1 aromatic heterocycles. The van der Waals surface area contributed by atoms with Crippen molar-refractivity contribution in [3.63, 3.8) is 0 Å². The second kappa shape index (κ2) is 4.66. The molecule has 0 fully saturated rings. The quantitative estimate of drug-likeness (QED) is 0.859. The Hall–Kier alpha value is -1.88. The lowest BCUT2D eigenvalue weighted by molar-refractivity contribution is -0.119. The number of ketones is 1. The second-order valence-electron chi connectivity index (χ2n) is 5.00. The number of nitrogens with zero attached hydrogens (tertiary/aromatic N) is 3. The van der Waals surface area contributed by atoms with Crippen LogP contribution in [0.2, 0.25) is 0 Å². The van der Waals surface area contributed by atoms with Gasteiger partial charge in [-0.25, -0.2) is 10.4 Å². The Morgan fingerprint density at radius 3 is 3.05 bits per heavy atom. The molecule has 19 heavy (non-hydrogen) atoms. The monoisotopic (exact) mass is 258 g/mol.